The topological polar surface area (TPSA) is 69.4 Å². The third kappa shape index (κ3) is 8.41. The van der Waals surface area contributed by atoms with E-state index >= 15 is 0 Å². The lowest BCUT2D eigenvalue weighted by Gasteiger charge is -2.10. The molecular weight excluding hydrogens is 206 g/mol. The van der Waals surface area contributed by atoms with Gasteiger partial charge in [-0.25, -0.2) is 0 Å². The quantitative estimate of drug-likeness (QED) is 0.643. The smallest absolute Gasteiger partial charge is 0.305 e. The van der Waals surface area contributed by atoms with E-state index in [-0.39, 0.29) is 23.7 Å². The van der Waals surface area contributed by atoms with Crippen LogP contribution >= 0.6 is 0 Å². The SMILES string of the molecule is COC(=O)CC[C@H](C)CC(=O)CC[C@@H](C)N. The largest absolute Gasteiger partial charge is 0.469 e. The van der Waals surface area contributed by atoms with E-state index in [1.807, 2.05) is 13.8 Å². The van der Waals surface area contributed by atoms with E-state index in [9.17, 15) is 9.59 Å². The van der Waals surface area contributed by atoms with Crippen molar-refractivity contribution < 1.29 is 14.3 Å². The zero-order valence-electron chi connectivity index (χ0n) is 10.5. The van der Waals surface area contributed by atoms with Crippen LogP contribution in [0, 0.1) is 5.92 Å². The standard InChI is InChI=1S/C12H23NO3/c1-9(4-7-12(15)16-3)8-11(14)6-5-10(2)13/h9-10H,4-8,13H2,1-3H3/t9-,10+/m0/s1. The lowest BCUT2D eigenvalue weighted by atomic mass is 9.96. The van der Waals surface area contributed by atoms with Gasteiger partial charge in [0.25, 0.3) is 0 Å². The van der Waals surface area contributed by atoms with Crippen molar-refractivity contribution in [2.45, 2.75) is 52.0 Å². The lowest BCUT2D eigenvalue weighted by molar-refractivity contribution is -0.141. The van der Waals surface area contributed by atoms with Gasteiger partial charge in [-0.05, 0) is 25.7 Å². The number of esters is 1. The van der Waals surface area contributed by atoms with Crippen LogP contribution in [-0.4, -0.2) is 24.9 Å². The highest BCUT2D eigenvalue weighted by atomic mass is 16.5. The summed E-state index contributed by atoms with van der Waals surface area (Å²) in [7, 11) is 1.38. The predicted octanol–water partition coefficient (Wildman–Crippen LogP) is 1.66. The molecule has 0 saturated heterocycles. The van der Waals surface area contributed by atoms with Crippen LogP contribution in [0.5, 0.6) is 0 Å². The summed E-state index contributed by atoms with van der Waals surface area (Å²) in [5.41, 5.74) is 5.57. The molecule has 0 radical (unpaired) electrons. The molecule has 4 heteroatoms. The molecule has 4 nitrogen and oxygen atoms in total. The number of carbonyl (C=O) groups is 2. The summed E-state index contributed by atoms with van der Waals surface area (Å²) >= 11 is 0. The Morgan fingerprint density at radius 2 is 1.81 bits per heavy atom. The molecule has 0 aromatic heterocycles. The molecule has 2 atom stereocenters. The van der Waals surface area contributed by atoms with E-state index in [1.54, 1.807) is 0 Å². The Morgan fingerprint density at radius 3 is 2.31 bits per heavy atom. The maximum absolute atomic E-state index is 11.5. The Hall–Kier alpha value is -0.900. The van der Waals surface area contributed by atoms with Crippen LogP contribution in [-0.2, 0) is 14.3 Å². The Morgan fingerprint density at radius 1 is 1.19 bits per heavy atom. The molecular formula is C12H23NO3. The summed E-state index contributed by atoms with van der Waals surface area (Å²) in [6, 6.07) is 0.0781. The summed E-state index contributed by atoms with van der Waals surface area (Å²) in [4.78, 5) is 22.4. The highest BCUT2D eigenvalue weighted by molar-refractivity contribution is 5.78. The number of Topliss-reactive ketones (excluding diaryl/α,β-unsaturated/α-hetero) is 1. The molecule has 0 saturated carbocycles. The summed E-state index contributed by atoms with van der Waals surface area (Å²) in [6.45, 7) is 3.88. The molecule has 0 aliphatic heterocycles. The van der Waals surface area contributed by atoms with Gasteiger partial charge in [-0.1, -0.05) is 6.92 Å². The maximum Gasteiger partial charge on any atom is 0.305 e. The maximum atomic E-state index is 11.5. The first-order chi connectivity index (χ1) is 7.45. The van der Waals surface area contributed by atoms with Crippen molar-refractivity contribution in [2.75, 3.05) is 7.11 Å². The van der Waals surface area contributed by atoms with E-state index in [4.69, 9.17) is 5.73 Å². The van der Waals surface area contributed by atoms with Crippen molar-refractivity contribution in [3.05, 3.63) is 0 Å². The van der Waals surface area contributed by atoms with Gasteiger partial charge in [0, 0.05) is 25.3 Å². The van der Waals surface area contributed by atoms with Crippen LogP contribution in [0.15, 0.2) is 0 Å². The number of methoxy groups -OCH3 is 1. The summed E-state index contributed by atoms with van der Waals surface area (Å²) in [5.74, 6) is 0.254. The number of ether oxygens (including phenoxy) is 1. The van der Waals surface area contributed by atoms with E-state index in [1.165, 1.54) is 7.11 Å². The Bertz CT molecular complexity index is 226. The molecule has 0 aliphatic rings. The summed E-state index contributed by atoms with van der Waals surface area (Å²) < 4.78 is 4.54. The van der Waals surface area contributed by atoms with Gasteiger partial charge in [-0.2, -0.15) is 0 Å². The Balaban J connectivity index is 3.65. The fourth-order valence-corrected chi connectivity index (χ4v) is 1.45. The van der Waals surface area contributed by atoms with Gasteiger partial charge in [0.2, 0.25) is 0 Å². The molecule has 0 rings (SSSR count). The molecule has 0 aromatic rings. The van der Waals surface area contributed by atoms with Crippen molar-refractivity contribution >= 4 is 11.8 Å². The average molecular weight is 229 g/mol. The zero-order chi connectivity index (χ0) is 12.6. The van der Waals surface area contributed by atoms with E-state index in [2.05, 4.69) is 4.74 Å². The number of hydrogen-bond acceptors (Lipinski definition) is 4. The first-order valence-corrected chi connectivity index (χ1v) is 5.79. The Kier molecular flexibility index (Phi) is 7.81. The fourth-order valence-electron chi connectivity index (χ4n) is 1.45. The van der Waals surface area contributed by atoms with E-state index in [0.717, 1.165) is 6.42 Å². The number of nitrogens with two attached hydrogens (primary N) is 1. The third-order valence-corrected chi connectivity index (χ3v) is 2.52. The molecule has 0 unspecified atom stereocenters. The van der Waals surface area contributed by atoms with Gasteiger partial charge >= 0.3 is 5.97 Å². The van der Waals surface area contributed by atoms with Gasteiger partial charge in [-0.3, -0.25) is 9.59 Å². The van der Waals surface area contributed by atoms with Gasteiger partial charge in [-0.15, -0.1) is 0 Å². The van der Waals surface area contributed by atoms with Crippen molar-refractivity contribution in [1.82, 2.24) is 0 Å². The van der Waals surface area contributed by atoms with Crippen LogP contribution < -0.4 is 5.73 Å². The third-order valence-electron chi connectivity index (χ3n) is 2.52. The Labute approximate surface area is 97.5 Å². The molecule has 0 spiro atoms. The molecule has 0 fully saturated rings. The van der Waals surface area contributed by atoms with Crippen LogP contribution in [0.4, 0.5) is 0 Å². The number of hydrogen-bond donors (Lipinski definition) is 1. The summed E-state index contributed by atoms with van der Waals surface area (Å²) in [5, 5.41) is 0. The van der Waals surface area contributed by atoms with Crippen molar-refractivity contribution in [2.24, 2.45) is 11.7 Å². The highest BCUT2D eigenvalue weighted by Crippen LogP contribution is 2.13. The minimum Gasteiger partial charge on any atom is -0.469 e. The first kappa shape index (κ1) is 15.1. The van der Waals surface area contributed by atoms with Crippen LogP contribution in [0.1, 0.15) is 46.0 Å². The van der Waals surface area contributed by atoms with Gasteiger partial charge < -0.3 is 10.5 Å². The van der Waals surface area contributed by atoms with Crippen LogP contribution in [0.3, 0.4) is 0 Å². The van der Waals surface area contributed by atoms with Crippen LogP contribution in [0.25, 0.3) is 0 Å². The highest BCUT2D eigenvalue weighted by Gasteiger charge is 2.11. The summed E-state index contributed by atoms with van der Waals surface area (Å²) in [6.07, 6.45) is 2.90. The molecule has 0 aromatic carbocycles. The average Bonchev–Trinajstić information content (AvgIpc) is 2.23. The molecule has 0 aliphatic carbocycles. The van der Waals surface area contributed by atoms with Crippen molar-refractivity contribution in [1.29, 1.82) is 0 Å². The van der Waals surface area contributed by atoms with Crippen molar-refractivity contribution in [3.8, 4) is 0 Å². The molecule has 0 heterocycles. The second-order valence-corrected chi connectivity index (χ2v) is 4.48. The zero-order valence-corrected chi connectivity index (χ0v) is 10.5. The van der Waals surface area contributed by atoms with Gasteiger partial charge in [0.1, 0.15) is 5.78 Å². The molecule has 94 valence electrons. The minimum atomic E-state index is -0.213. The lowest BCUT2D eigenvalue weighted by Crippen LogP contribution is -2.17. The fraction of sp³-hybridized carbons (Fsp3) is 0.833. The second kappa shape index (κ2) is 8.28. The minimum absolute atomic E-state index is 0.0781. The molecule has 2 N–H and O–H groups in total. The second-order valence-electron chi connectivity index (χ2n) is 4.48. The predicted molar refractivity (Wildman–Crippen MR) is 62.9 cm³/mol. The monoisotopic (exact) mass is 229 g/mol. The number of carbonyl (C=O) groups excluding carboxylic acids is 2. The molecule has 16 heavy (non-hydrogen) atoms. The van der Waals surface area contributed by atoms with E-state index in [0.29, 0.717) is 25.7 Å². The molecule has 0 bridgehead atoms. The van der Waals surface area contributed by atoms with Gasteiger partial charge in [0.15, 0.2) is 0 Å². The van der Waals surface area contributed by atoms with Crippen molar-refractivity contribution in [3.63, 3.8) is 0 Å². The van der Waals surface area contributed by atoms with Gasteiger partial charge in [0.05, 0.1) is 7.11 Å². The number of rotatable bonds is 8. The normalized spacial score (nSPS) is 14.2. The number of ketones is 1. The van der Waals surface area contributed by atoms with Crippen LogP contribution in [0.2, 0.25) is 0 Å². The molecule has 0 amide bonds. The van der Waals surface area contributed by atoms with E-state index < -0.39 is 0 Å². The first-order valence-electron chi connectivity index (χ1n) is 5.79.